The summed E-state index contributed by atoms with van der Waals surface area (Å²) in [4.78, 5) is 12.2. The van der Waals surface area contributed by atoms with Crippen molar-refractivity contribution in [2.24, 2.45) is 5.73 Å². The highest BCUT2D eigenvalue weighted by Gasteiger charge is 2.30. The normalized spacial score (nSPS) is 21.6. The summed E-state index contributed by atoms with van der Waals surface area (Å²) in [6.45, 7) is 4.31. The number of anilines is 2. The van der Waals surface area contributed by atoms with E-state index >= 15 is 0 Å². The minimum Gasteiger partial charge on any atom is -0.381 e. The molecule has 21 heavy (non-hydrogen) atoms. The minimum absolute atomic E-state index is 0.0535. The number of ether oxygens (including phenoxy) is 1. The van der Waals surface area contributed by atoms with Crippen LogP contribution in [0.25, 0.3) is 0 Å². The van der Waals surface area contributed by atoms with E-state index in [2.05, 4.69) is 10.6 Å². The third kappa shape index (κ3) is 4.15. The molecule has 0 aromatic heterocycles. The molecule has 1 aromatic rings. The topological polar surface area (TPSA) is 76.4 Å². The molecular formula is C15H22FN3O2. The van der Waals surface area contributed by atoms with Crippen LogP contribution in [0.1, 0.15) is 26.7 Å². The molecule has 1 heterocycles. The van der Waals surface area contributed by atoms with Crippen LogP contribution in [0.5, 0.6) is 0 Å². The summed E-state index contributed by atoms with van der Waals surface area (Å²) in [5, 5.41) is 5.91. The third-order valence-corrected chi connectivity index (χ3v) is 3.35. The summed E-state index contributed by atoms with van der Waals surface area (Å²) in [6.07, 6.45) is 0.898. The van der Waals surface area contributed by atoms with Gasteiger partial charge in [-0.1, -0.05) is 0 Å². The van der Waals surface area contributed by atoms with Crippen molar-refractivity contribution in [2.45, 2.75) is 44.9 Å². The first-order valence-corrected chi connectivity index (χ1v) is 7.22. The van der Waals surface area contributed by atoms with Crippen LogP contribution in [0.2, 0.25) is 0 Å². The van der Waals surface area contributed by atoms with Crippen molar-refractivity contribution in [3.63, 3.8) is 0 Å². The molecule has 0 radical (unpaired) electrons. The molecular weight excluding hydrogens is 273 g/mol. The van der Waals surface area contributed by atoms with Crippen molar-refractivity contribution in [2.75, 3.05) is 17.2 Å². The van der Waals surface area contributed by atoms with E-state index < -0.39 is 6.10 Å². The van der Waals surface area contributed by atoms with Crippen molar-refractivity contribution in [3.8, 4) is 0 Å². The van der Waals surface area contributed by atoms with Gasteiger partial charge in [0.25, 0.3) is 5.91 Å². The molecule has 1 saturated heterocycles. The van der Waals surface area contributed by atoms with Gasteiger partial charge in [0.05, 0.1) is 17.5 Å². The number of rotatable bonds is 5. The molecule has 2 unspecified atom stereocenters. The van der Waals surface area contributed by atoms with Gasteiger partial charge in [0, 0.05) is 12.6 Å². The Bertz CT molecular complexity index is 508. The minimum atomic E-state index is -0.490. The van der Waals surface area contributed by atoms with E-state index in [1.54, 1.807) is 6.07 Å². The molecule has 1 amide bonds. The zero-order valence-electron chi connectivity index (χ0n) is 12.4. The first-order chi connectivity index (χ1) is 9.99. The second-order valence-corrected chi connectivity index (χ2v) is 5.54. The maximum absolute atomic E-state index is 13.3. The first kappa shape index (κ1) is 15.7. The Morgan fingerprint density at radius 3 is 2.81 bits per heavy atom. The van der Waals surface area contributed by atoms with Crippen molar-refractivity contribution in [1.82, 2.24) is 0 Å². The molecule has 0 bridgehead atoms. The number of amides is 1. The van der Waals surface area contributed by atoms with Crippen LogP contribution < -0.4 is 16.4 Å². The van der Waals surface area contributed by atoms with Crippen LogP contribution in [-0.2, 0) is 9.53 Å². The van der Waals surface area contributed by atoms with Gasteiger partial charge in [-0.15, -0.1) is 0 Å². The smallest absolute Gasteiger partial charge is 0.253 e. The molecule has 116 valence electrons. The average molecular weight is 295 g/mol. The fraction of sp³-hybridized carbons (Fsp3) is 0.533. The number of carbonyl (C=O) groups is 1. The van der Waals surface area contributed by atoms with Crippen molar-refractivity contribution >= 4 is 17.3 Å². The molecule has 0 aliphatic carbocycles. The quantitative estimate of drug-likeness (QED) is 0.777. The summed E-state index contributed by atoms with van der Waals surface area (Å²) in [5.41, 5.74) is 6.65. The van der Waals surface area contributed by atoms with E-state index in [1.807, 2.05) is 13.8 Å². The summed E-state index contributed by atoms with van der Waals surface area (Å²) in [6, 6.07) is 4.37. The zero-order chi connectivity index (χ0) is 15.4. The molecule has 2 rings (SSSR count). The van der Waals surface area contributed by atoms with Crippen molar-refractivity contribution < 1.29 is 13.9 Å². The van der Waals surface area contributed by atoms with Gasteiger partial charge >= 0.3 is 0 Å². The Kier molecular flexibility index (Phi) is 5.14. The molecule has 5 nitrogen and oxygen atoms in total. The molecule has 6 heteroatoms. The zero-order valence-corrected chi connectivity index (χ0v) is 12.4. The highest BCUT2D eigenvalue weighted by Crippen LogP contribution is 2.26. The number of halogens is 1. The standard InChI is InChI=1S/C15H22FN3O2/c1-9(2)18-13-7-10(16)3-5-12(13)19-15(20)14-6-4-11(8-17)21-14/h3,5,7,9,11,14,18H,4,6,8,17H2,1-2H3,(H,19,20). The monoisotopic (exact) mass is 295 g/mol. The van der Waals surface area contributed by atoms with Crippen LogP contribution in [0.3, 0.4) is 0 Å². The van der Waals surface area contributed by atoms with E-state index in [9.17, 15) is 9.18 Å². The molecule has 1 aromatic carbocycles. The summed E-state index contributed by atoms with van der Waals surface area (Å²) >= 11 is 0. The lowest BCUT2D eigenvalue weighted by molar-refractivity contribution is -0.126. The van der Waals surface area contributed by atoms with Gasteiger partial charge in [0.2, 0.25) is 0 Å². The Hall–Kier alpha value is -1.66. The van der Waals surface area contributed by atoms with Gasteiger partial charge in [-0.05, 0) is 44.9 Å². The molecule has 0 spiro atoms. The van der Waals surface area contributed by atoms with Gasteiger partial charge in [-0.2, -0.15) is 0 Å². The molecule has 4 N–H and O–H groups in total. The van der Waals surface area contributed by atoms with Gasteiger partial charge < -0.3 is 21.1 Å². The van der Waals surface area contributed by atoms with Crippen LogP contribution >= 0.6 is 0 Å². The van der Waals surface area contributed by atoms with E-state index in [4.69, 9.17) is 10.5 Å². The number of carbonyl (C=O) groups excluding carboxylic acids is 1. The highest BCUT2D eigenvalue weighted by atomic mass is 19.1. The number of hydrogen-bond acceptors (Lipinski definition) is 4. The lowest BCUT2D eigenvalue weighted by Gasteiger charge is -2.17. The van der Waals surface area contributed by atoms with Gasteiger partial charge in [-0.25, -0.2) is 4.39 Å². The third-order valence-electron chi connectivity index (χ3n) is 3.35. The van der Waals surface area contributed by atoms with Crippen molar-refractivity contribution in [3.05, 3.63) is 24.0 Å². The van der Waals surface area contributed by atoms with E-state index in [-0.39, 0.29) is 23.9 Å². The number of nitrogens with two attached hydrogens (primary N) is 1. The number of benzene rings is 1. The Morgan fingerprint density at radius 1 is 1.43 bits per heavy atom. The Balaban J connectivity index is 2.06. The van der Waals surface area contributed by atoms with E-state index in [0.717, 1.165) is 6.42 Å². The predicted molar refractivity (Wildman–Crippen MR) is 80.7 cm³/mol. The van der Waals surface area contributed by atoms with Gasteiger partial charge in [0.15, 0.2) is 0 Å². The fourth-order valence-electron chi connectivity index (χ4n) is 2.34. The van der Waals surface area contributed by atoms with Crippen LogP contribution in [0.15, 0.2) is 18.2 Å². The first-order valence-electron chi connectivity index (χ1n) is 7.22. The summed E-state index contributed by atoms with van der Waals surface area (Å²) < 4.78 is 18.9. The van der Waals surface area contributed by atoms with Gasteiger partial charge in [0.1, 0.15) is 11.9 Å². The maximum atomic E-state index is 13.3. The molecule has 0 saturated carbocycles. The average Bonchev–Trinajstić information content (AvgIpc) is 2.90. The molecule has 1 fully saturated rings. The summed E-state index contributed by atoms with van der Waals surface area (Å²) in [5.74, 6) is -0.569. The predicted octanol–water partition coefficient (Wildman–Crippen LogP) is 2.09. The highest BCUT2D eigenvalue weighted by molar-refractivity contribution is 5.97. The Morgan fingerprint density at radius 2 is 2.19 bits per heavy atom. The van der Waals surface area contributed by atoms with E-state index in [0.29, 0.717) is 24.3 Å². The summed E-state index contributed by atoms with van der Waals surface area (Å²) in [7, 11) is 0. The fourth-order valence-corrected chi connectivity index (χ4v) is 2.34. The number of nitrogens with one attached hydrogen (secondary N) is 2. The lowest BCUT2D eigenvalue weighted by Crippen LogP contribution is -2.30. The Labute approximate surface area is 124 Å². The van der Waals surface area contributed by atoms with Crippen molar-refractivity contribution in [1.29, 1.82) is 0 Å². The maximum Gasteiger partial charge on any atom is 0.253 e. The van der Waals surface area contributed by atoms with Crippen LogP contribution in [0, 0.1) is 5.82 Å². The molecule has 1 aliphatic heterocycles. The van der Waals surface area contributed by atoms with Crippen LogP contribution in [-0.4, -0.2) is 30.7 Å². The largest absolute Gasteiger partial charge is 0.381 e. The van der Waals surface area contributed by atoms with E-state index in [1.165, 1.54) is 12.1 Å². The second-order valence-electron chi connectivity index (χ2n) is 5.54. The number of hydrogen-bond donors (Lipinski definition) is 3. The lowest BCUT2D eigenvalue weighted by atomic mass is 10.1. The molecule has 2 atom stereocenters. The SMILES string of the molecule is CC(C)Nc1cc(F)ccc1NC(=O)C1CCC(CN)O1. The van der Waals surface area contributed by atoms with Crippen LogP contribution in [0.4, 0.5) is 15.8 Å². The molecule has 1 aliphatic rings. The second kappa shape index (κ2) is 6.87. The van der Waals surface area contributed by atoms with Gasteiger partial charge in [-0.3, -0.25) is 4.79 Å².